The van der Waals surface area contributed by atoms with Crippen molar-refractivity contribution in [2.75, 3.05) is 26.9 Å². The Bertz CT molecular complexity index is 1300. The number of fused-ring (bicyclic) bond motifs is 2. The number of allylic oxidation sites excluding steroid dienone is 1. The number of urea groups is 1. The fraction of sp³-hybridized carbons (Fsp3) is 0.231. The number of carbonyl (C=O) groups is 3. The van der Waals surface area contributed by atoms with Crippen LogP contribution >= 0.6 is 0 Å². The number of hydrogen-bond donors (Lipinski definition) is 3. The second-order valence-corrected chi connectivity index (χ2v) is 7.97. The highest BCUT2D eigenvalue weighted by atomic mass is 16.5. The number of methoxy groups -OCH3 is 1. The molecule has 9 heteroatoms. The number of aromatic hydroxyl groups is 1. The minimum atomic E-state index is -0.740. The van der Waals surface area contributed by atoms with Crippen molar-refractivity contribution >= 4 is 40.5 Å². The first-order valence-corrected chi connectivity index (χ1v) is 11.1. The third-order valence-corrected chi connectivity index (χ3v) is 5.56. The van der Waals surface area contributed by atoms with Gasteiger partial charge in [0.25, 0.3) is 5.91 Å². The zero-order valence-corrected chi connectivity index (χ0v) is 19.2. The molecular weight excluding hydrogens is 450 g/mol. The van der Waals surface area contributed by atoms with Crippen molar-refractivity contribution in [1.29, 1.82) is 0 Å². The highest BCUT2D eigenvalue weighted by Gasteiger charge is 2.28. The number of esters is 1. The Morgan fingerprint density at radius 3 is 2.63 bits per heavy atom. The summed E-state index contributed by atoms with van der Waals surface area (Å²) in [6, 6.07) is 13.4. The van der Waals surface area contributed by atoms with Crippen LogP contribution in [-0.2, 0) is 20.7 Å². The van der Waals surface area contributed by atoms with Crippen LogP contribution in [0.2, 0.25) is 0 Å². The maximum atomic E-state index is 13.1. The summed E-state index contributed by atoms with van der Waals surface area (Å²) in [4.78, 5) is 41.7. The van der Waals surface area contributed by atoms with Crippen LogP contribution in [0, 0.1) is 0 Å². The van der Waals surface area contributed by atoms with Gasteiger partial charge in [0, 0.05) is 19.0 Å². The van der Waals surface area contributed by atoms with Crippen molar-refractivity contribution in [2.24, 2.45) is 0 Å². The van der Waals surface area contributed by atoms with Gasteiger partial charge in [0.15, 0.2) is 6.61 Å². The number of phenols is 1. The summed E-state index contributed by atoms with van der Waals surface area (Å²) in [6.07, 6.45) is 3.26. The van der Waals surface area contributed by atoms with Crippen LogP contribution in [0.5, 0.6) is 5.75 Å². The number of rotatable bonds is 7. The van der Waals surface area contributed by atoms with Crippen LogP contribution in [0.3, 0.4) is 0 Å². The second kappa shape index (κ2) is 10.8. The molecule has 35 heavy (non-hydrogen) atoms. The third-order valence-electron chi connectivity index (χ3n) is 5.56. The van der Waals surface area contributed by atoms with Crippen molar-refractivity contribution < 1.29 is 29.0 Å². The number of aromatic nitrogens is 1. The number of carbonyl (C=O) groups excluding carboxylic acids is 3. The standard InChI is InChI=1S/C26H25N3O6/c1-34-13-12-27-26(33)29-22(31)15-35-25(32)23-19-4-2-3-5-21(19)28-24-17(8-11-20(23)24)14-16-6-9-18(30)10-7-16/h2-7,9-10,14,30H,8,11-13,15H2,1H3,(H2,27,29,31,33)/b17-14+. The van der Waals surface area contributed by atoms with Gasteiger partial charge in [-0.25, -0.2) is 14.6 Å². The van der Waals surface area contributed by atoms with Gasteiger partial charge in [-0.3, -0.25) is 10.1 Å². The van der Waals surface area contributed by atoms with Crippen molar-refractivity contribution in [1.82, 2.24) is 15.6 Å². The molecule has 3 aromatic rings. The number of imide groups is 1. The first-order chi connectivity index (χ1) is 17.0. The molecule has 1 heterocycles. The molecule has 4 rings (SSSR count). The molecule has 1 aliphatic carbocycles. The number of phenolic OH excluding ortho intramolecular Hbond substituents is 1. The van der Waals surface area contributed by atoms with Gasteiger partial charge < -0.3 is 19.9 Å². The van der Waals surface area contributed by atoms with Crippen LogP contribution in [-0.4, -0.2) is 54.9 Å². The molecule has 0 saturated carbocycles. The van der Waals surface area contributed by atoms with Crippen molar-refractivity contribution in [3.63, 3.8) is 0 Å². The van der Waals surface area contributed by atoms with Crippen molar-refractivity contribution in [3.05, 3.63) is 70.9 Å². The summed E-state index contributed by atoms with van der Waals surface area (Å²) in [7, 11) is 1.50. The average Bonchev–Trinajstić information content (AvgIpc) is 3.24. The summed E-state index contributed by atoms with van der Waals surface area (Å²) in [5.74, 6) is -1.21. The van der Waals surface area contributed by atoms with E-state index >= 15 is 0 Å². The van der Waals surface area contributed by atoms with E-state index in [-0.39, 0.29) is 12.3 Å². The summed E-state index contributed by atoms with van der Waals surface area (Å²) in [6.45, 7) is -0.0529. The molecule has 0 radical (unpaired) electrons. The molecule has 1 aliphatic rings. The molecule has 0 aliphatic heterocycles. The van der Waals surface area contributed by atoms with Crippen LogP contribution in [0.15, 0.2) is 48.5 Å². The lowest BCUT2D eigenvalue weighted by atomic mass is 10.0. The Hall–Kier alpha value is -4.24. The number of benzene rings is 2. The fourth-order valence-corrected chi connectivity index (χ4v) is 3.96. The molecule has 9 nitrogen and oxygen atoms in total. The lowest BCUT2D eigenvalue weighted by Gasteiger charge is -2.12. The zero-order valence-electron chi connectivity index (χ0n) is 19.2. The predicted octanol–water partition coefficient (Wildman–Crippen LogP) is 3.06. The maximum absolute atomic E-state index is 13.1. The van der Waals surface area contributed by atoms with E-state index in [2.05, 4.69) is 10.6 Å². The minimum absolute atomic E-state index is 0.185. The normalized spacial score (nSPS) is 13.5. The summed E-state index contributed by atoms with van der Waals surface area (Å²) >= 11 is 0. The molecule has 3 amide bonds. The quantitative estimate of drug-likeness (QED) is 0.354. The first kappa shape index (κ1) is 23.9. The Morgan fingerprint density at radius 1 is 1.09 bits per heavy atom. The summed E-state index contributed by atoms with van der Waals surface area (Å²) in [5.41, 5.74) is 4.36. The Balaban J connectivity index is 1.56. The molecule has 1 aromatic heterocycles. The van der Waals surface area contributed by atoms with E-state index < -0.39 is 24.5 Å². The molecule has 0 fully saturated rings. The topological polar surface area (TPSA) is 127 Å². The number of amides is 3. The highest BCUT2D eigenvalue weighted by Crippen LogP contribution is 2.37. The number of pyridine rings is 1. The van der Waals surface area contributed by atoms with Gasteiger partial charge in [0.05, 0.1) is 23.4 Å². The van der Waals surface area contributed by atoms with Crippen LogP contribution in [0.1, 0.15) is 33.6 Å². The Kier molecular flexibility index (Phi) is 7.37. The van der Waals surface area contributed by atoms with Crippen molar-refractivity contribution in [3.8, 4) is 5.75 Å². The monoisotopic (exact) mass is 475 g/mol. The highest BCUT2D eigenvalue weighted by molar-refractivity contribution is 6.08. The lowest BCUT2D eigenvalue weighted by molar-refractivity contribution is -0.123. The molecule has 3 N–H and O–H groups in total. The Labute approximate surface area is 201 Å². The molecule has 180 valence electrons. The number of hydrogen-bond acceptors (Lipinski definition) is 7. The SMILES string of the molecule is COCCNC(=O)NC(=O)COC(=O)c1c2c(nc3ccccc13)/C(=C/c1ccc(O)cc1)CC2. The first-order valence-electron chi connectivity index (χ1n) is 11.1. The summed E-state index contributed by atoms with van der Waals surface area (Å²) in [5, 5.41) is 14.7. The van der Waals surface area contributed by atoms with Crippen LogP contribution < -0.4 is 10.6 Å². The van der Waals surface area contributed by atoms with E-state index in [1.807, 2.05) is 24.3 Å². The van der Waals surface area contributed by atoms with E-state index in [4.69, 9.17) is 14.5 Å². The van der Waals surface area contributed by atoms with Gasteiger partial charge in [-0.1, -0.05) is 30.3 Å². The van der Waals surface area contributed by atoms with Gasteiger partial charge >= 0.3 is 12.0 Å². The van der Waals surface area contributed by atoms with Crippen LogP contribution in [0.4, 0.5) is 4.79 Å². The van der Waals surface area contributed by atoms with Gasteiger partial charge in [0.1, 0.15) is 5.75 Å². The number of nitrogens with one attached hydrogen (secondary N) is 2. The smallest absolute Gasteiger partial charge is 0.339 e. The number of para-hydroxylation sites is 1. The van der Waals surface area contributed by atoms with Gasteiger partial charge in [-0.15, -0.1) is 0 Å². The largest absolute Gasteiger partial charge is 0.508 e. The molecule has 2 aromatic carbocycles. The van der Waals surface area contributed by atoms with Crippen molar-refractivity contribution in [2.45, 2.75) is 12.8 Å². The van der Waals surface area contributed by atoms with E-state index in [1.54, 1.807) is 30.3 Å². The van der Waals surface area contributed by atoms with E-state index in [0.29, 0.717) is 41.6 Å². The predicted molar refractivity (Wildman–Crippen MR) is 130 cm³/mol. The second-order valence-electron chi connectivity index (χ2n) is 7.97. The summed E-state index contributed by atoms with van der Waals surface area (Å²) < 4.78 is 10.1. The third kappa shape index (κ3) is 5.64. The van der Waals surface area contributed by atoms with Gasteiger partial charge in [0.2, 0.25) is 0 Å². The van der Waals surface area contributed by atoms with E-state index in [0.717, 1.165) is 16.7 Å². The Morgan fingerprint density at radius 2 is 1.86 bits per heavy atom. The zero-order chi connectivity index (χ0) is 24.8. The fourth-order valence-electron chi connectivity index (χ4n) is 3.96. The molecule has 0 unspecified atom stereocenters. The number of ether oxygens (including phenoxy) is 2. The van der Waals surface area contributed by atoms with Gasteiger partial charge in [-0.05, 0) is 53.8 Å². The van der Waals surface area contributed by atoms with Crippen LogP contribution in [0.25, 0.3) is 22.6 Å². The molecule has 0 spiro atoms. The van der Waals surface area contributed by atoms with Gasteiger partial charge in [-0.2, -0.15) is 0 Å². The number of nitrogens with zero attached hydrogens (tertiary/aromatic N) is 1. The lowest BCUT2D eigenvalue weighted by Crippen LogP contribution is -2.42. The van der Waals surface area contributed by atoms with E-state index in [1.165, 1.54) is 7.11 Å². The molecular formula is C26H25N3O6. The molecule has 0 atom stereocenters. The molecule has 0 bridgehead atoms. The maximum Gasteiger partial charge on any atom is 0.339 e. The van der Waals surface area contributed by atoms with E-state index in [9.17, 15) is 19.5 Å². The average molecular weight is 476 g/mol. The minimum Gasteiger partial charge on any atom is -0.508 e. The molecule has 0 saturated heterocycles.